The number of fused-ring (bicyclic) bond motifs is 2. The number of hydrogen-bond donors (Lipinski definition) is 3. The van der Waals surface area contributed by atoms with Gasteiger partial charge in [0.1, 0.15) is 23.9 Å². The summed E-state index contributed by atoms with van der Waals surface area (Å²) in [5.74, 6) is 0.997. The lowest BCUT2D eigenvalue weighted by Crippen LogP contribution is -2.51. The maximum absolute atomic E-state index is 10.7. The molecule has 26 heavy (non-hydrogen) atoms. The summed E-state index contributed by atoms with van der Waals surface area (Å²) >= 11 is 0. The molecule has 0 unspecified atom stereocenters. The number of allylic oxidation sites excluding steroid dienone is 2. The highest BCUT2D eigenvalue weighted by Gasteiger charge is 2.68. The Bertz CT molecular complexity index is 651. The second-order valence-electron chi connectivity index (χ2n) is 10.1. The van der Waals surface area contributed by atoms with E-state index in [0.29, 0.717) is 22.8 Å². The summed E-state index contributed by atoms with van der Waals surface area (Å²) in [5, 5.41) is 30.6. The molecule has 3 aliphatic carbocycles. The van der Waals surface area contributed by atoms with Crippen LogP contribution < -0.4 is 0 Å². The molecular weight excluding hydrogens is 328 g/mol. The number of hydrogen-bond acceptors (Lipinski definition) is 4. The van der Waals surface area contributed by atoms with E-state index < -0.39 is 23.9 Å². The zero-order valence-electron chi connectivity index (χ0n) is 16.5. The Balaban J connectivity index is 1.65. The molecule has 0 radical (unpaired) electrons. The van der Waals surface area contributed by atoms with Crippen LogP contribution in [-0.4, -0.2) is 45.8 Å². The molecule has 1 heterocycles. The molecule has 4 heteroatoms. The first-order chi connectivity index (χ1) is 12.2. The average Bonchev–Trinajstić information content (AvgIpc) is 3.30. The van der Waals surface area contributed by atoms with Gasteiger partial charge >= 0.3 is 0 Å². The summed E-state index contributed by atoms with van der Waals surface area (Å²) in [5.41, 5.74) is 1.73. The van der Waals surface area contributed by atoms with Crippen LogP contribution in [-0.2, 0) is 4.74 Å². The van der Waals surface area contributed by atoms with Crippen molar-refractivity contribution in [1.82, 2.24) is 0 Å². The Hall–Kier alpha value is -0.680. The second-order valence-corrected chi connectivity index (χ2v) is 10.1. The Morgan fingerprint density at radius 1 is 1.19 bits per heavy atom. The van der Waals surface area contributed by atoms with E-state index in [-0.39, 0.29) is 12.0 Å². The van der Waals surface area contributed by atoms with Crippen LogP contribution in [0.3, 0.4) is 0 Å². The van der Waals surface area contributed by atoms with Gasteiger partial charge in [0, 0.05) is 0 Å². The van der Waals surface area contributed by atoms with Crippen molar-refractivity contribution in [1.29, 1.82) is 0 Å². The van der Waals surface area contributed by atoms with Gasteiger partial charge in [-0.3, -0.25) is 0 Å². The molecule has 4 aliphatic rings. The van der Waals surface area contributed by atoms with Gasteiger partial charge in [0.2, 0.25) is 0 Å². The first-order valence-electron chi connectivity index (χ1n) is 10.2. The zero-order chi connectivity index (χ0) is 18.9. The van der Waals surface area contributed by atoms with Crippen LogP contribution in [0.4, 0.5) is 0 Å². The van der Waals surface area contributed by atoms with Crippen molar-refractivity contribution in [3.05, 3.63) is 23.3 Å². The van der Waals surface area contributed by atoms with Gasteiger partial charge < -0.3 is 20.1 Å². The van der Waals surface area contributed by atoms with Gasteiger partial charge in [-0.15, -0.1) is 0 Å². The Kier molecular flexibility index (Phi) is 4.24. The molecule has 0 aromatic rings. The van der Waals surface area contributed by atoms with E-state index >= 15 is 0 Å². The molecule has 1 saturated heterocycles. The molecule has 0 amide bonds. The predicted molar refractivity (Wildman–Crippen MR) is 100 cm³/mol. The smallest absolute Gasteiger partial charge is 0.128 e. The first kappa shape index (κ1) is 18.7. The third-order valence-corrected chi connectivity index (χ3v) is 8.31. The molecular formula is C22H34O4. The van der Waals surface area contributed by atoms with E-state index in [4.69, 9.17) is 4.74 Å². The van der Waals surface area contributed by atoms with E-state index in [1.54, 1.807) is 6.08 Å². The minimum Gasteiger partial charge on any atom is -0.392 e. The van der Waals surface area contributed by atoms with E-state index in [1.165, 1.54) is 24.8 Å². The summed E-state index contributed by atoms with van der Waals surface area (Å²) < 4.78 is 5.96. The molecule has 2 fully saturated rings. The first-order valence-corrected chi connectivity index (χ1v) is 10.2. The highest BCUT2D eigenvalue weighted by atomic mass is 16.6. The molecule has 0 aromatic heterocycles. The fraction of sp³-hybridized carbons (Fsp3) is 0.818. The predicted octanol–water partition coefficient (Wildman–Crippen LogP) is 2.97. The average molecular weight is 363 g/mol. The van der Waals surface area contributed by atoms with Crippen molar-refractivity contribution in [2.75, 3.05) is 6.61 Å². The third kappa shape index (κ3) is 2.49. The standard InChI is InChI=1S/C22H34O4/c1-13-6-7-16-20(2,3)8-5-9-21(16,4)15(13)11-22-17(24)10-14(12-23)18(25)19(22)26-22/h6,10,15-19,23-25H,5,7-9,11-12H2,1-4H3/t15-,16+,17-,18+,19+,21-,22-/m1/s1. The van der Waals surface area contributed by atoms with Crippen LogP contribution in [0.2, 0.25) is 0 Å². The number of rotatable bonds is 3. The van der Waals surface area contributed by atoms with Crippen molar-refractivity contribution in [3.8, 4) is 0 Å². The van der Waals surface area contributed by atoms with Gasteiger partial charge in [0.15, 0.2) is 0 Å². The summed E-state index contributed by atoms with van der Waals surface area (Å²) in [6.45, 7) is 9.25. The van der Waals surface area contributed by atoms with Crippen molar-refractivity contribution in [2.24, 2.45) is 22.7 Å². The Morgan fingerprint density at radius 3 is 2.62 bits per heavy atom. The maximum atomic E-state index is 10.7. The zero-order valence-corrected chi connectivity index (χ0v) is 16.5. The highest BCUT2D eigenvalue weighted by Crippen LogP contribution is 2.63. The summed E-state index contributed by atoms with van der Waals surface area (Å²) in [6.07, 6.45) is 7.70. The van der Waals surface area contributed by atoms with Crippen LogP contribution >= 0.6 is 0 Å². The van der Waals surface area contributed by atoms with Crippen molar-refractivity contribution < 1.29 is 20.1 Å². The van der Waals surface area contributed by atoms with Gasteiger partial charge in [0.05, 0.1) is 6.61 Å². The molecule has 3 N–H and O–H groups in total. The van der Waals surface area contributed by atoms with Crippen molar-refractivity contribution >= 4 is 0 Å². The number of epoxide rings is 1. The second kappa shape index (κ2) is 5.91. The fourth-order valence-electron chi connectivity index (χ4n) is 6.69. The minimum atomic E-state index is -0.803. The summed E-state index contributed by atoms with van der Waals surface area (Å²) in [7, 11) is 0. The molecule has 1 saturated carbocycles. The van der Waals surface area contributed by atoms with Gasteiger partial charge in [-0.05, 0) is 66.9 Å². The fourth-order valence-corrected chi connectivity index (χ4v) is 6.69. The molecule has 0 bridgehead atoms. The topological polar surface area (TPSA) is 73.2 Å². The van der Waals surface area contributed by atoms with Gasteiger partial charge in [-0.25, -0.2) is 0 Å². The van der Waals surface area contributed by atoms with E-state index in [2.05, 4.69) is 33.8 Å². The normalized spacial score (nSPS) is 49.6. The lowest BCUT2D eigenvalue weighted by molar-refractivity contribution is -0.0506. The van der Waals surface area contributed by atoms with Gasteiger partial charge in [0.25, 0.3) is 0 Å². The summed E-state index contributed by atoms with van der Waals surface area (Å²) in [6, 6.07) is 0. The van der Waals surface area contributed by atoms with Crippen LogP contribution in [0.25, 0.3) is 0 Å². The van der Waals surface area contributed by atoms with Crippen molar-refractivity contribution in [2.45, 2.75) is 83.7 Å². The molecule has 4 nitrogen and oxygen atoms in total. The monoisotopic (exact) mass is 362 g/mol. The minimum absolute atomic E-state index is 0.206. The highest BCUT2D eigenvalue weighted by molar-refractivity contribution is 5.33. The molecule has 4 rings (SSSR count). The van der Waals surface area contributed by atoms with E-state index in [9.17, 15) is 15.3 Å². The lowest BCUT2D eigenvalue weighted by Gasteiger charge is -2.57. The van der Waals surface area contributed by atoms with E-state index in [0.717, 1.165) is 12.8 Å². The largest absolute Gasteiger partial charge is 0.392 e. The molecule has 7 atom stereocenters. The van der Waals surface area contributed by atoms with Gasteiger partial charge in [-0.1, -0.05) is 38.8 Å². The number of aliphatic hydroxyl groups is 3. The van der Waals surface area contributed by atoms with Gasteiger partial charge in [-0.2, -0.15) is 0 Å². The summed E-state index contributed by atoms with van der Waals surface area (Å²) in [4.78, 5) is 0. The van der Waals surface area contributed by atoms with Crippen LogP contribution in [0.15, 0.2) is 23.3 Å². The molecule has 146 valence electrons. The molecule has 0 spiro atoms. The number of ether oxygens (including phenoxy) is 1. The Labute approximate surface area is 156 Å². The lowest BCUT2D eigenvalue weighted by atomic mass is 9.47. The van der Waals surface area contributed by atoms with E-state index in [1.807, 2.05) is 0 Å². The quantitative estimate of drug-likeness (QED) is 0.533. The third-order valence-electron chi connectivity index (χ3n) is 8.31. The molecule has 0 aromatic carbocycles. The SMILES string of the molecule is CC1=CC[C@H]2C(C)(C)CCC[C@]2(C)[C@@H]1C[C@]12O[C@H]1[C@@H](O)C(CO)=C[C@H]2O. The van der Waals surface area contributed by atoms with Crippen LogP contribution in [0.5, 0.6) is 0 Å². The Morgan fingerprint density at radius 2 is 1.92 bits per heavy atom. The van der Waals surface area contributed by atoms with Crippen LogP contribution in [0, 0.1) is 22.7 Å². The molecule has 1 aliphatic heterocycles. The van der Waals surface area contributed by atoms with Crippen molar-refractivity contribution in [3.63, 3.8) is 0 Å². The maximum Gasteiger partial charge on any atom is 0.128 e. The van der Waals surface area contributed by atoms with Crippen LogP contribution in [0.1, 0.15) is 59.8 Å². The number of aliphatic hydroxyl groups excluding tert-OH is 3.